The Labute approximate surface area is 212 Å². The second-order valence-electron chi connectivity index (χ2n) is 7.67. The van der Waals surface area contributed by atoms with E-state index in [1.165, 1.54) is 18.4 Å². The molecule has 1 heterocycles. The Morgan fingerprint density at radius 2 is 1.67 bits per heavy atom. The van der Waals surface area contributed by atoms with Crippen LogP contribution in [0.2, 0.25) is 0 Å². The summed E-state index contributed by atoms with van der Waals surface area (Å²) in [7, 11) is 3.11. The first-order chi connectivity index (χ1) is 17.6. The van der Waals surface area contributed by atoms with E-state index in [4.69, 9.17) is 9.47 Å². The zero-order valence-corrected chi connectivity index (χ0v) is 20.5. The Balaban J connectivity index is 1.49. The molecule has 0 bridgehead atoms. The molecule has 1 aromatic heterocycles. The maximum Gasteiger partial charge on any atom is 0.320 e. The quantitative estimate of drug-likeness (QED) is 0.308. The molecule has 9 nitrogen and oxygen atoms in total. The third-order valence-corrected chi connectivity index (χ3v) is 6.12. The van der Waals surface area contributed by atoms with Crippen molar-refractivity contribution in [2.75, 3.05) is 24.9 Å². The number of ether oxygens (including phenoxy) is 2. The van der Waals surface area contributed by atoms with Crippen LogP contribution in [0.1, 0.15) is 5.56 Å². The molecule has 0 spiro atoms. The number of aromatic nitrogens is 2. The summed E-state index contributed by atoms with van der Waals surface area (Å²) in [6.07, 6.45) is 0.285. The van der Waals surface area contributed by atoms with E-state index in [-0.39, 0.29) is 6.42 Å². The van der Waals surface area contributed by atoms with E-state index in [1.54, 1.807) is 31.4 Å². The van der Waals surface area contributed by atoms with Gasteiger partial charge < -0.3 is 20.1 Å². The zero-order chi connectivity index (χ0) is 25.3. The monoisotopic (exact) mass is 503 g/mol. The van der Waals surface area contributed by atoms with E-state index in [0.29, 0.717) is 27.3 Å². The zero-order valence-electron chi connectivity index (χ0n) is 19.7. The minimum Gasteiger partial charge on any atom is -0.497 e. The molecule has 0 aliphatic carbocycles. The van der Waals surface area contributed by atoms with Crippen LogP contribution in [0.15, 0.2) is 78.9 Å². The summed E-state index contributed by atoms with van der Waals surface area (Å²) in [5.74, 6) is 0.791. The van der Waals surface area contributed by atoms with Crippen LogP contribution >= 0.6 is 11.3 Å². The lowest BCUT2D eigenvalue weighted by Gasteiger charge is -2.19. The van der Waals surface area contributed by atoms with Crippen LogP contribution in [0, 0.1) is 0 Å². The summed E-state index contributed by atoms with van der Waals surface area (Å²) in [6.45, 7) is 0. The maximum atomic E-state index is 13.2. The number of hydrogen-bond donors (Lipinski definition) is 3. The van der Waals surface area contributed by atoms with E-state index in [2.05, 4.69) is 26.1 Å². The topological polar surface area (TPSA) is 114 Å². The highest BCUT2D eigenvalue weighted by Crippen LogP contribution is 2.29. The van der Waals surface area contributed by atoms with Crippen LogP contribution < -0.4 is 25.4 Å². The average Bonchev–Trinajstić information content (AvgIpc) is 3.37. The second-order valence-corrected chi connectivity index (χ2v) is 8.65. The van der Waals surface area contributed by atoms with Crippen molar-refractivity contribution in [1.29, 1.82) is 0 Å². The van der Waals surface area contributed by atoms with Gasteiger partial charge >= 0.3 is 6.03 Å². The predicted octanol–water partition coefficient (Wildman–Crippen LogP) is 4.59. The van der Waals surface area contributed by atoms with Crippen molar-refractivity contribution in [1.82, 2.24) is 15.5 Å². The highest BCUT2D eigenvalue weighted by Gasteiger charge is 2.23. The third-order valence-electron chi connectivity index (χ3n) is 5.23. The van der Waals surface area contributed by atoms with Crippen LogP contribution in [0.3, 0.4) is 0 Å². The number of carbonyl (C=O) groups excluding carboxylic acids is 2. The highest BCUT2D eigenvalue weighted by atomic mass is 32.1. The van der Waals surface area contributed by atoms with E-state index < -0.39 is 18.0 Å². The summed E-state index contributed by atoms with van der Waals surface area (Å²) >= 11 is 1.23. The van der Waals surface area contributed by atoms with Gasteiger partial charge in [0.1, 0.15) is 22.5 Å². The molecule has 36 heavy (non-hydrogen) atoms. The number of carbonyl (C=O) groups is 2. The molecule has 1 atom stereocenters. The number of nitrogens with one attached hydrogen (secondary N) is 3. The maximum absolute atomic E-state index is 13.2. The van der Waals surface area contributed by atoms with Gasteiger partial charge in [-0.05, 0) is 29.8 Å². The van der Waals surface area contributed by atoms with Crippen LogP contribution in [0.4, 0.5) is 15.6 Å². The van der Waals surface area contributed by atoms with Gasteiger partial charge in [0.25, 0.3) is 0 Å². The van der Waals surface area contributed by atoms with Crippen molar-refractivity contribution in [2.45, 2.75) is 12.5 Å². The number of urea groups is 1. The van der Waals surface area contributed by atoms with Crippen molar-refractivity contribution in [3.63, 3.8) is 0 Å². The fourth-order valence-corrected chi connectivity index (χ4v) is 4.21. The lowest BCUT2D eigenvalue weighted by Crippen LogP contribution is -2.47. The van der Waals surface area contributed by atoms with Gasteiger partial charge in [-0.1, -0.05) is 65.9 Å². The van der Waals surface area contributed by atoms with Gasteiger partial charge in [-0.2, -0.15) is 0 Å². The first kappa shape index (κ1) is 24.7. The summed E-state index contributed by atoms with van der Waals surface area (Å²) in [4.78, 5) is 26.0. The fourth-order valence-electron chi connectivity index (χ4n) is 3.46. The third kappa shape index (κ3) is 6.36. The van der Waals surface area contributed by atoms with Gasteiger partial charge in [0, 0.05) is 12.0 Å². The van der Waals surface area contributed by atoms with Crippen molar-refractivity contribution in [3.8, 4) is 22.1 Å². The fraction of sp³-hybridized carbons (Fsp3) is 0.154. The molecule has 184 valence electrons. The number of hydrogen-bond acceptors (Lipinski definition) is 7. The Hall–Kier alpha value is -4.44. The van der Waals surface area contributed by atoms with Gasteiger partial charge in [0.05, 0.1) is 19.9 Å². The Kier molecular flexibility index (Phi) is 8.09. The van der Waals surface area contributed by atoms with Gasteiger partial charge in [-0.25, -0.2) is 4.79 Å². The summed E-state index contributed by atoms with van der Waals surface area (Å²) in [5.41, 5.74) is 2.20. The van der Waals surface area contributed by atoms with Gasteiger partial charge in [0.2, 0.25) is 11.0 Å². The number of rotatable bonds is 9. The predicted molar refractivity (Wildman–Crippen MR) is 140 cm³/mol. The standard InChI is InChI=1S/C26H25N5O4S/c1-34-19-12-8-11-18(16-19)24-30-31-26(36-24)29-23(32)21(15-17-9-4-3-5-10-17)28-25(33)27-20-13-6-7-14-22(20)35-2/h3-14,16,21H,15H2,1-2H3,(H2,27,28,33)(H,29,31,32). The molecule has 4 aromatic rings. The minimum absolute atomic E-state index is 0.285. The molecular weight excluding hydrogens is 478 g/mol. The summed E-state index contributed by atoms with van der Waals surface area (Å²) in [5, 5.41) is 17.5. The molecule has 1 unspecified atom stereocenters. The van der Waals surface area contributed by atoms with Crippen molar-refractivity contribution in [2.24, 2.45) is 0 Å². The normalized spacial score (nSPS) is 11.3. The van der Waals surface area contributed by atoms with Crippen molar-refractivity contribution >= 4 is 34.1 Å². The number of para-hydroxylation sites is 2. The molecule has 0 fully saturated rings. The van der Waals surface area contributed by atoms with E-state index in [1.807, 2.05) is 54.6 Å². The lowest BCUT2D eigenvalue weighted by atomic mass is 10.1. The average molecular weight is 504 g/mol. The van der Waals surface area contributed by atoms with Gasteiger partial charge in [-0.15, -0.1) is 10.2 Å². The van der Waals surface area contributed by atoms with Gasteiger partial charge in [0.15, 0.2) is 0 Å². The number of amides is 3. The molecule has 0 saturated heterocycles. The minimum atomic E-state index is -0.869. The summed E-state index contributed by atoms with van der Waals surface area (Å²) < 4.78 is 10.5. The number of benzene rings is 3. The number of nitrogens with zero attached hydrogens (tertiary/aromatic N) is 2. The molecule has 10 heteroatoms. The molecule has 0 aliphatic heterocycles. The number of anilines is 2. The largest absolute Gasteiger partial charge is 0.497 e. The molecule has 3 N–H and O–H groups in total. The molecule has 3 aromatic carbocycles. The Morgan fingerprint density at radius 3 is 2.44 bits per heavy atom. The van der Waals surface area contributed by atoms with Crippen LogP contribution in [0.25, 0.3) is 10.6 Å². The van der Waals surface area contributed by atoms with Crippen LogP contribution in [-0.2, 0) is 11.2 Å². The van der Waals surface area contributed by atoms with E-state index >= 15 is 0 Å². The van der Waals surface area contributed by atoms with Crippen LogP contribution in [-0.4, -0.2) is 42.4 Å². The Bertz CT molecular complexity index is 1330. The molecule has 3 amide bonds. The molecular formula is C26H25N5O4S. The first-order valence-electron chi connectivity index (χ1n) is 11.1. The number of methoxy groups -OCH3 is 2. The molecule has 0 radical (unpaired) electrons. The highest BCUT2D eigenvalue weighted by molar-refractivity contribution is 7.18. The van der Waals surface area contributed by atoms with E-state index in [0.717, 1.165) is 11.1 Å². The van der Waals surface area contributed by atoms with Crippen molar-refractivity contribution < 1.29 is 19.1 Å². The second kappa shape index (κ2) is 11.8. The molecule has 0 saturated carbocycles. The lowest BCUT2D eigenvalue weighted by molar-refractivity contribution is -0.117. The van der Waals surface area contributed by atoms with Crippen molar-refractivity contribution in [3.05, 3.63) is 84.4 Å². The first-order valence-corrected chi connectivity index (χ1v) is 11.9. The SMILES string of the molecule is COc1cccc(-c2nnc(NC(=O)C(Cc3ccccc3)NC(=O)Nc3ccccc3OC)s2)c1. The van der Waals surface area contributed by atoms with Crippen LogP contribution in [0.5, 0.6) is 11.5 Å². The molecule has 0 aliphatic rings. The van der Waals surface area contributed by atoms with Gasteiger partial charge in [-0.3, -0.25) is 10.1 Å². The Morgan fingerprint density at radius 1 is 0.889 bits per heavy atom. The molecule has 4 rings (SSSR count). The summed E-state index contributed by atoms with van der Waals surface area (Å²) in [6, 6.07) is 22.5. The smallest absolute Gasteiger partial charge is 0.320 e. The van der Waals surface area contributed by atoms with E-state index in [9.17, 15) is 9.59 Å².